The summed E-state index contributed by atoms with van der Waals surface area (Å²) in [6, 6.07) is 0. The van der Waals surface area contributed by atoms with Crippen molar-refractivity contribution in [3.05, 3.63) is 0 Å². The van der Waals surface area contributed by atoms with Crippen molar-refractivity contribution in [2.75, 3.05) is 0 Å². The Morgan fingerprint density at radius 1 is 1.29 bits per heavy atom. The van der Waals surface area contributed by atoms with Crippen LogP contribution in [0.25, 0.3) is 0 Å². The maximum absolute atomic E-state index is 12.6. The molecule has 0 radical (unpaired) electrons. The lowest BCUT2D eigenvalue weighted by molar-refractivity contribution is -0.203. The molecule has 0 spiro atoms. The third-order valence-electron chi connectivity index (χ3n) is 2.97. The highest BCUT2D eigenvalue weighted by Crippen LogP contribution is 2.40. The molecule has 1 N–H and O–H groups in total. The molecule has 0 aliphatic heterocycles. The van der Waals surface area contributed by atoms with Crippen molar-refractivity contribution in [3.63, 3.8) is 0 Å². The van der Waals surface area contributed by atoms with Gasteiger partial charge in [-0.3, -0.25) is 4.79 Å². The summed E-state index contributed by atoms with van der Waals surface area (Å²) in [5, 5.41) is 8.09. The van der Waals surface area contributed by atoms with Gasteiger partial charge in [0, 0.05) is 0 Å². The van der Waals surface area contributed by atoms with Crippen LogP contribution in [0.1, 0.15) is 27.2 Å². The molecule has 0 rings (SSSR count). The van der Waals surface area contributed by atoms with Gasteiger partial charge in [-0.1, -0.05) is 20.8 Å². The van der Waals surface area contributed by atoms with Gasteiger partial charge in [-0.2, -0.15) is 13.2 Å². The first-order chi connectivity index (χ1) is 7.27. The number of halogens is 3. The van der Waals surface area contributed by atoms with Gasteiger partial charge in [0.15, 0.2) is 14.4 Å². The van der Waals surface area contributed by atoms with Gasteiger partial charge in [0.25, 0.3) is 0 Å². The Morgan fingerprint density at radius 3 is 1.94 bits per heavy atom. The van der Waals surface area contributed by atoms with Crippen molar-refractivity contribution in [2.24, 2.45) is 0 Å². The minimum absolute atomic E-state index is 0.394. The number of carboxylic acids is 1. The summed E-state index contributed by atoms with van der Waals surface area (Å²) < 4.78 is 43.0. The van der Waals surface area contributed by atoms with Crippen LogP contribution < -0.4 is 0 Å². The molecule has 3 nitrogen and oxygen atoms in total. The molecule has 102 valence electrons. The largest absolute Gasteiger partial charge is 0.481 e. The van der Waals surface area contributed by atoms with Crippen LogP contribution in [-0.4, -0.2) is 31.7 Å². The second-order valence-electron chi connectivity index (χ2n) is 5.51. The highest BCUT2D eigenvalue weighted by Gasteiger charge is 2.48. The SMILES string of the molecule is CC(C)(C)[Si](C)(C)OC(CC(=O)O)C(F)(F)F. The Kier molecular flexibility index (Phi) is 4.81. The van der Waals surface area contributed by atoms with Gasteiger partial charge >= 0.3 is 12.1 Å². The third kappa shape index (κ3) is 5.07. The van der Waals surface area contributed by atoms with Crippen LogP contribution in [0.5, 0.6) is 0 Å². The van der Waals surface area contributed by atoms with Crippen LogP contribution in [0.15, 0.2) is 0 Å². The third-order valence-corrected chi connectivity index (χ3v) is 7.45. The molecular weight excluding hydrogens is 253 g/mol. The van der Waals surface area contributed by atoms with Crippen molar-refractivity contribution < 1.29 is 27.5 Å². The average Bonchev–Trinajstić information content (AvgIpc) is 1.97. The normalized spacial score (nSPS) is 15.8. The first-order valence-electron chi connectivity index (χ1n) is 5.23. The van der Waals surface area contributed by atoms with E-state index in [0.29, 0.717) is 0 Å². The van der Waals surface area contributed by atoms with E-state index in [2.05, 4.69) is 0 Å². The standard InChI is InChI=1S/C10H19F3O3Si/c1-9(2,3)17(4,5)16-7(6-8(14)15)10(11,12)13/h7H,6H2,1-5H3,(H,14,15). The van der Waals surface area contributed by atoms with Gasteiger partial charge in [-0.15, -0.1) is 0 Å². The van der Waals surface area contributed by atoms with E-state index >= 15 is 0 Å². The van der Waals surface area contributed by atoms with E-state index in [9.17, 15) is 18.0 Å². The monoisotopic (exact) mass is 272 g/mol. The lowest BCUT2D eigenvalue weighted by Gasteiger charge is -2.39. The first-order valence-corrected chi connectivity index (χ1v) is 8.14. The van der Waals surface area contributed by atoms with Gasteiger partial charge in [-0.25, -0.2) is 0 Å². The van der Waals surface area contributed by atoms with Crippen molar-refractivity contribution in [1.29, 1.82) is 0 Å². The minimum Gasteiger partial charge on any atom is -0.481 e. The summed E-state index contributed by atoms with van der Waals surface area (Å²) in [5.74, 6) is -1.51. The van der Waals surface area contributed by atoms with E-state index in [4.69, 9.17) is 9.53 Å². The highest BCUT2D eigenvalue weighted by molar-refractivity contribution is 6.74. The summed E-state index contributed by atoms with van der Waals surface area (Å²) in [7, 11) is -2.63. The van der Waals surface area contributed by atoms with Gasteiger partial charge in [0.1, 0.15) is 0 Å². The predicted octanol–water partition coefficient (Wildman–Crippen LogP) is 3.41. The molecule has 0 aliphatic rings. The molecule has 0 aromatic rings. The fraction of sp³-hybridized carbons (Fsp3) is 0.900. The smallest absolute Gasteiger partial charge is 0.413 e. The lowest BCUT2D eigenvalue weighted by atomic mass is 10.2. The van der Waals surface area contributed by atoms with Crippen molar-refractivity contribution in [3.8, 4) is 0 Å². The van der Waals surface area contributed by atoms with Gasteiger partial charge in [0.05, 0.1) is 6.42 Å². The van der Waals surface area contributed by atoms with Crippen LogP contribution in [0, 0.1) is 0 Å². The topological polar surface area (TPSA) is 46.5 Å². The van der Waals surface area contributed by atoms with Crippen LogP contribution in [0.3, 0.4) is 0 Å². The highest BCUT2D eigenvalue weighted by atomic mass is 28.4. The van der Waals surface area contributed by atoms with Crippen molar-refractivity contribution in [2.45, 2.75) is 57.6 Å². The number of carbonyl (C=O) groups is 1. The quantitative estimate of drug-likeness (QED) is 0.798. The van der Waals surface area contributed by atoms with Crippen LogP contribution in [-0.2, 0) is 9.22 Å². The Bertz CT molecular complexity index is 282. The second-order valence-corrected chi connectivity index (χ2v) is 10.3. The Balaban J connectivity index is 4.94. The molecule has 0 aromatic carbocycles. The number of hydrogen-bond acceptors (Lipinski definition) is 2. The number of aliphatic carboxylic acids is 1. The molecule has 0 amide bonds. The van der Waals surface area contributed by atoms with E-state index in [1.54, 1.807) is 33.9 Å². The van der Waals surface area contributed by atoms with Crippen LogP contribution in [0.2, 0.25) is 18.1 Å². The molecule has 17 heavy (non-hydrogen) atoms. The molecule has 0 aromatic heterocycles. The number of rotatable bonds is 4. The zero-order valence-electron chi connectivity index (χ0n) is 10.7. The fourth-order valence-electron chi connectivity index (χ4n) is 0.915. The molecule has 0 saturated carbocycles. The van der Waals surface area contributed by atoms with E-state index in [1.165, 1.54) is 0 Å². The number of alkyl halides is 3. The second kappa shape index (κ2) is 4.97. The minimum atomic E-state index is -4.64. The molecule has 0 heterocycles. The molecule has 0 bridgehead atoms. The van der Waals surface area contributed by atoms with E-state index in [-0.39, 0.29) is 0 Å². The van der Waals surface area contributed by atoms with Gasteiger partial charge < -0.3 is 9.53 Å². The zero-order chi connectivity index (χ0) is 14.1. The summed E-state index contributed by atoms with van der Waals surface area (Å²) in [4.78, 5) is 10.4. The first kappa shape index (κ1) is 16.4. The molecular formula is C10H19F3O3Si. The van der Waals surface area contributed by atoms with Gasteiger partial charge in [-0.05, 0) is 18.1 Å². The number of carboxylic acid groups (broad SMARTS) is 1. The van der Waals surface area contributed by atoms with E-state index in [0.717, 1.165) is 0 Å². The van der Waals surface area contributed by atoms with E-state index in [1.807, 2.05) is 0 Å². The molecule has 0 saturated heterocycles. The van der Waals surface area contributed by atoms with Gasteiger partial charge in [0.2, 0.25) is 0 Å². The Labute approximate surface area is 100 Å². The fourth-order valence-corrected chi connectivity index (χ4v) is 2.20. The summed E-state index contributed by atoms with van der Waals surface area (Å²) in [5.41, 5.74) is 0. The van der Waals surface area contributed by atoms with Crippen molar-refractivity contribution in [1.82, 2.24) is 0 Å². The molecule has 0 aliphatic carbocycles. The van der Waals surface area contributed by atoms with Crippen LogP contribution in [0.4, 0.5) is 13.2 Å². The summed E-state index contributed by atoms with van der Waals surface area (Å²) >= 11 is 0. The maximum Gasteiger partial charge on any atom is 0.413 e. The molecule has 1 atom stereocenters. The number of hydrogen-bond donors (Lipinski definition) is 1. The van der Waals surface area contributed by atoms with Crippen LogP contribution >= 0.6 is 0 Å². The average molecular weight is 272 g/mol. The summed E-state index contributed by atoms with van der Waals surface area (Å²) in [6.45, 7) is 8.72. The summed E-state index contributed by atoms with van der Waals surface area (Å²) in [6.07, 6.45) is -7.91. The Hall–Kier alpha value is -0.563. The molecule has 1 unspecified atom stereocenters. The molecule has 0 fully saturated rings. The Morgan fingerprint density at radius 2 is 1.71 bits per heavy atom. The maximum atomic E-state index is 12.6. The van der Waals surface area contributed by atoms with Crippen molar-refractivity contribution >= 4 is 14.3 Å². The predicted molar refractivity (Wildman–Crippen MR) is 60.4 cm³/mol. The van der Waals surface area contributed by atoms with E-state index < -0.39 is 38.0 Å². The molecule has 7 heteroatoms. The lowest BCUT2D eigenvalue weighted by Crippen LogP contribution is -2.48. The zero-order valence-corrected chi connectivity index (χ0v) is 11.7.